The van der Waals surface area contributed by atoms with Gasteiger partial charge in [-0.3, -0.25) is 14.3 Å². The molecule has 1 aliphatic heterocycles. The lowest BCUT2D eigenvalue weighted by atomic mass is 9.97. The zero-order valence-corrected chi connectivity index (χ0v) is 20.8. The molecule has 5 rings (SSSR count). The van der Waals surface area contributed by atoms with Gasteiger partial charge in [0.2, 0.25) is 0 Å². The van der Waals surface area contributed by atoms with Crippen molar-refractivity contribution in [3.05, 3.63) is 59.7 Å². The smallest absolute Gasteiger partial charge is 0.271 e. The number of aliphatic hydroxyl groups excluding tert-OH is 1. The fraction of sp³-hybridized carbons (Fsp3) is 0.423. The molecule has 0 radical (unpaired) electrons. The molecule has 2 aliphatic rings. The van der Waals surface area contributed by atoms with Gasteiger partial charge >= 0.3 is 0 Å². The van der Waals surface area contributed by atoms with Crippen molar-refractivity contribution in [3.63, 3.8) is 0 Å². The van der Waals surface area contributed by atoms with E-state index in [2.05, 4.69) is 49.7 Å². The number of hydrogen-bond donors (Lipinski definition) is 4. The van der Waals surface area contributed by atoms with E-state index in [0.29, 0.717) is 29.5 Å². The van der Waals surface area contributed by atoms with Crippen molar-refractivity contribution in [1.29, 1.82) is 0 Å². The van der Waals surface area contributed by atoms with Crippen LogP contribution in [-0.4, -0.2) is 61.9 Å². The van der Waals surface area contributed by atoms with Gasteiger partial charge in [-0.25, -0.2) is 9.97 Å². The van der Waals surface area contributed by atoms with Gasteiger partial charge in [0.1, 0.15) is 5.82 Å². The lowest BCUT2D eigenvalue weighted by molar-refractivity contribution is 0.0923. The van der Waals surface area contributed by atoms with Gasteiger partial charge in [0.05, 0.1) is 31.2 Å². The van der Waals surface area contributed by atoms with Gasteiger partial charge in [-0.15, -0.1) is 0 Å². The first kappa shape index (κ1) is 24.7. The highest BCUT2D eigenvalue weighted by molar-refractivity contribution is 5.96. The molecule has 2 aromatic heterocycles. The molecule has 2 atom stereocenters. The summed E-state index contributed by atoms with van der Waals surface area (Å²) in [6, 6.07) is 7.81. The summed E-state index contributed by atoms with van der Waals surface area (Å²) in [6.45, 7) is 3.09. The number of aliphatic hydroxyl groups is 1. The maximum Gasteiger partial charge on any atom is 0.271 e. The number of primary amides is 1. The molecule has 1 aromatic carbocycles. The first-order valence-corrected chi connectivity index (χ1v) is 12.7. The van der Waals surface area contributed by atoms with Gasteiger partial charge < -0.3 is 26.4 Å². The number of nitrogens with two attached hydrogens (primary N) is 1. The van der Waals surface area contributed by atoms with E-state index in [4.69, 9.17) is 10.8 Å². The van der Waals surface area contributed by atoms with Crippen molar-refractivity contribution >= 4 is 29.1 Å². The van der Waals surface area contributed by atoms with Crippen molar-refractivity contribution in [2.45, 2.75) is 57.2 Å². The molecule has 3 heterocycles. The number of nitrogens with one attached hydrogen (secondary N) is 2. The third kappa shape index (κ3) is 5.56. The van der Waals surface area contributed by atoms with Crippen molar-refractivity contribution in [1.82, 2.24) is 25.1 Å². The Balaban J connectivity index is 1.31. The first-order valence-electron chi connectivity index (χ1n) is 12.7. The molecular weight excluding hydrogens is 472 g/mol. The number of anilines is 3. The number of amides is 2. The average Bonchev–Trinajstić information content (AvgIpc) is 3.66. The Morgan fingerprint density at radius 2 is 1.95 bits per heavy atom. The van der Waals surface area contributed by atoms with E-state index in [1.807, 2.05) is 12.1 Å². The molecule has 37 heavy (non-hydrogen) atoms. The molecule has 1 aliphatic carbocycles. The minimum atomic E-state index is -0.700. The Morgan fingerprint density at radius 3 is 2.65 bits per heavy atom. The molecule has 1 saturated carbocycles. The number of benzene rings is 1. The highest BCUT2D eigenvalue weighted by Gasteiger charge is 2.31. The lowest BCUT2D eigenvalue weighted by Crippen LogP contribution is -2.54. The summed E-state index contributed by atoms with van der Waals surface area (Å²) in [5.41, 5.74) is 8.11. The Bertz CT molecular complexity index is 1270. The number of aromatic nitrogens is 4. The van der Waals surface area contributed by atoms with Gasteiger partial charge in [0.25, 0.3) is 11.8 Å². The van der Waals surface area contributed by atoms with E-state index in [1.165, 1.54) is 24.6 Å². The van der Waals surface area contributed by atoms with Gasteiger partial charge in [0, 0.05) is 30.4 Å². The van der Waals surface area contributed by atoms with E-state index in [0.717, 1.165) is 19.4 Å². The Morgan fingerprint density at radius 1 is 1.16 bits per heavy atom. The van der Waals surface area contributed by atoms with Crippen LogP contribution in [0.3, 0.4) is 0 Å². The fourth-order valence-electron chi connectivity index (χ4n) is 4.81. The minimum absolute atomic E-state index is 0.0165. The number of hydrogen-bond acceptors (Lipinski definition) is 8. The number of rotatable bonds is 9. The number of piperidine rings is 1. The Hall–Kier alpha value is -3.99. The maximum absolute atomic E-state index is 13.0. The molecule has 1 saturated heterocycles. The van der Waals surface area contributed by atoms with Crippen LogP contribution < -0.4 is 21.3 Å². The summed E-state index contributed by atoms with van der Waals surface area (Å²) in [6.07, 6.45) is 8.99. The Labute approximate surface area is 215 Å². The van der Waals surface area contributed by atoms with E-state index < -0.39 is 5.91 Å². The molecule has 3 aromatic rings. The summed E-state index contributed by atoms with van der Waals surface area (Å²) in [7, 11) is 0. The third-order valence-electron chi connectivity index (χ3n) is 7.04. The van der Waals surface area contributed by atoms with Crippen molar-refractivity contribution in [3.8, 4) is 0 Å². The molecule has 194 valence electrons. The Kier molecular flexibility index (Phi) is 7.04. The summed E-state index contributed by atoms with van der Waals surface area (Å²) in [5.74, 6) is 0.674. The zero-order valence-electron chi connectivity index (χ0n) is 20.8. The van der Waals surface area contributed by atoms with Gasteiger partial charge in [-0.2, -0.15) is 5.10 Å². The monoisotopic (exact) mass is 504 g/mol. The highest BCUT2D eigenvalue weighted by atomic mass is 16.3. The van der Waals surface area contributed by atoms with Gasteiger partial charge in [-0.1, -0.05) is 12.1 Å². The van der Waals surface area contributed by atoms with Gasteiger partial charge in [0.15, 0.2) is 11.5 Å². The summed E-state index contributed by atoms with van der Waals surface area (Å²) >= 11 is 0. The van der Waals surface area contributed by atoms with Crippen LogP contribution in [0.1, 0.15) is 64.9 Å². The van der Waals surface area contributed by atoms with Crippen LogP contribution in [0.2, 0.25) is 0 Å². The summed E-state index contributed by atoms with van der Waals surface area (Å²) < 4.78 is 1.57. The van der Waals surface area contributed by atoms with Gasteiger partial charge in [-0.05, 0) is 56.2 Å². The van der Waals surface area contributed by atoms with E-state index >= 15 is 0 Å². The standard InChI is InChI=1S/C26H32N8O3/c1-16-21(31-26(37)19-8-6-18(7-9-19)17-4-5-17)3-2-10-34(16)22-14-28-23(24(27)36)25(32-22)30-20-13-29-33(15-20)11-12-35/h6-9,13-17,21,35H,2-5,10-12H2,1H3,(H2,27,36)(H,30,32)(H,31,37)/t16-,21-/m1/s1. The topological polar surface area (TPSA) is 151 Å². The van der Waals surface area contributed by atoms with Crippen molar-refractivity contribution in [2.75, 3.05) is 23.4 Å². The predicted octanol–water partition coefficient (Wildman–Crippen LogP) is 2.17. The lowest BCUT2D eigenvalue weighted by Gasteiger charge is -2.40. The van der Waals surface area contributed by atoms with Crippen LogP contribution >= 0.6 is 0 Å². The average molecular weight is 505 g/mol. The van der Waals surface area contributed by atoms with Crippen molar-refractivity contribution < 1.29 is 14.7 Å². The molecule has 2 fully saturated rings. The molecular formula is C26H32N8O3. The molecule has 0 spiro atoms. The second-order valence-electron chi connectivity index (χ2n) is 9.68. The van der Waals surface area contributed by atoms with E-state index in [-0.39, 0.29) is 36.1 Å². The van der Waals surface area contributed by atoms with Crippen LogP contribution in [-0.2, 0) is 6.54 Å². The molecule has 0 bridgehead atoms. The van der Waals surface area contributed by atoms with Crippen LogP contribution in [0.5, 0.6) is 0 Å². The second kappa shape index (κ2) is 10.6. The second-order valence-corrected chi connectivity index (χ2v) is 9.68. The van der Waals surface area contributed by atoms with Crippen LogP contribution in [0.15, 0.2) is 42.9 Å². The van der Waals surface area contributed by atoms with Crippen molar-refractivity contribution in [2.24, 2.45) is 5.73 Å². The first-order chi connectivity index (χ1) is 17.9. The van der Waals surface area contributed by atoms with E-state index in [9.17, 15) is 9.59 Å². The normalized spacial score (nSPS) is 19.5. The summed E-state index contributed by atoms with van der Waals surface area (Å²) in [5, 5.41) is 19.5. The minimum Gasteiger partial charge on any atom is -0.394 e. The molecule has 11 nitrogen and oxygen atoms in total. The quantitative estimate of drug-likeness (QED) is 0.346. The zero-order chi connectivity index (χ0) is 25.9. The molecule has 2 amide bonds. The highest BCUT2D eigenvalue weighted by Crippen LogP contribution is 2.39. The molecule has 11 heteroatoms. The fourth-order valence-corrected chi connectivity index (χ4v) is 4.81. The number of carbonyl (C=O) groups is 2. The predicted molar refractivity (Wildman–Crippen MR) is 139 cm³/mol. The van der Waals surface area contributed by atoms with Crippen LogP contribution in [0.25, 0.3) is 0 Å². The maximum atomic E-state index is 13.0. The third-order valence-corrected chi connectivity index (χ3v) is 7.04. The summed E-state index contributed by atoms with van der Waals surface area (Å²) in [4.78, 5) is 36.0. The van der Waals surface area contributed by atoms with Crippen LogP contribution in [0, 0.1) is 0 Å². The SMILES string of the molecule is C[C@@H]1[C@H](NC(=O)c2ccc(C3CC3)cc2)CCCN1c1cnc(C(N)=O)c(Nc2cnn(CCO)c2)n1. The number of carbonyl (C=O) groups excluding carboxylic acids is 2. The van der Waals surface area contributed by atoms with Crippen LogP contribution in [0.4, 0.5) is 17.3 Å². The largest absolute Gasteiger partial charge is 0.394 e. The molecule has 0 unspecified atom stereocenters. The van der Waals surface area contributed by atoms with E-state index in [1.54, 1.807) is 17.1 Å². The number of nitrogens with zero attached hydrogens (tertiary/aromatic N) is 5. The molecule has 5 N–H and O–H groups in total.